The Kier molecular flexibility index (Phi) is 4.66. The van der Waals surface area contributed by atoms with Gasteiger partial charge in [-0.25, -0.2) is 4.98 Å². The number of nitrogens with two attached hydrogens (primary N) is 2. The molecule has 0 bridgehead atoms. The van der Waals surface area contributed by atoms with E-state index in [0.29, 0.717) is 27.9 Å². The standard InChI is InChI=1S/C19H22Cl2N6/c1-19(10-22)5-7-26(8-6-19)15-9-14(23)16(18-24-11-25-27(15)18)12-3-2-4-13(20)17(12)21/h2-4,9,11H,5-8,10,22-23H2,1H3. The molecule has 1 aromatic carbocycles. The SMILES string of the molecule is CC1(CN)CCN(c2cc(N)c(-c3cccc(Cl)c3Cl)c3ncnn23)CC1. The molecule has 142 valence electrons. The second-order valence-electron chi connectivity index (χ2n) is 7.43. The van der Waals surface area contributed by atoms with Crippen LogP contribution >= 0.6 is 23.2 Å². The van der Waals surface area contributed by atoms with E-state index in [4.69, 9.17) is 34.7 Å². The van der Waals surface area contributed by atoms with Crippen molar-refractivity contribution in [2.45, 2.75) is 19.8 Å². The van der Waals surface area contributed by atoms with E-state index in [2.05, 4.69) is 21.9 Å². The van der Waals surface area contributed by atoms with Gasteiger partial charge in [0.25, 0.3) is 0 Å². The van der Waals surface area contributed by atoms with Crippen LogP contribution in [0.1, 0.15) is 19.8 Å². The number of nitrogens with zero attached hydrogens (tertiary/aromatic N) is 4. The average molecular weight is 405 g/mol. The monoisotopic (exact) mass is 404 g/mol. The Morgan fingerprint density at radius 2 is 1.96 bits per heavy atom. The van der Waals surface area contributed by atoms with E-state index in [1.165, 1.54) is 6.33 Å². The summed E-state index contributed by atoms with van der Waals surface area (Å²) in [4.78, 5) is 6.74. The summed E-state index contributed by atoms with van der Waals surface area (Å²) in [6.07, 6.45) is 3.59. The molecule has 0 saturated carbocycles. The van der Waals surface area contributed by atoms with Crippen molar-refractivity contribution < 1.29 is 0 Å². The van der Waals surface area contributed by atoms with E-state index in [1.807, 2.05) is 22.7 Å². The molecule has 1 saturated heterocycles. The van der Waals surface area contributed by atoms with Crippen molar-refractivity contribution in [2.75, 3.05) is 30.3 Å². The fourth-order valence-corrected chi connectivity index (χ4v) is 4.05. The summed E-state index contributed by atoms with van der Waals surface area (Å²) in [5.41, 5.74) is 15.3. The van der Waals surface area contributed by atoms with Gasteiger partial charge in [-0.1, -0.05) is 42.3 Å². The first kappa shape index (κ1) is 18.3. The number of aromatic nitrogens is 3. The molecule has 4 rings (SSSR count). The van der Waals surface area contributed by atoms with Crippen LogP contribution in [-0.4, -0.2) is 34.2 Å². The number of fused-ring (bicyclic) bond motifs is 1. The maximum atomic E-state index is 6.45. The molecule has 3 heterocycles. The minimum Gasteiger partial charge on any atom is -0.398 e. The van der Waals surface area contributed by atoms with Gasteiger partial charge in [0.1, 0.15) is 12.1 Å². The normalized spacial score (nSPS) is 16.8. The quantitative estimate of drug-likeness (QED) is 0.692. The third kappa shape index (κ3) is 3.12. The zero-order valence-corrected chi connectivity index (χ0v) is 16.6. The van der Waals surface area contributed by atoms with E-state index < -0.39 is 0 Å². The number of halogens is 2. The molecule has 0 unspecified atom stereocenters. The molecule has 1 aliphatic rings. The highest BCUT2D eigenvalue weighted by Crippen LogP contribution is 2.40. The highest BCUT2D eigenvalue weighted by atomic mass is 35.5. The largest absolute Gasteiger partial charge is 0.398 e. The summed E-state index contributed by atoms with van der Waals surface area (Å²) >= 11 is 12.6. The Labute approximate surface area is 168 Å². The summed E-state index contributed by atoms with van der Waals surface area (Å²) in [6.45, 7) is 4.75. The zero-order chi connectivity index (χ0) is 19.2. The van der Waals surface area contributed by atoms with Crippen LogP contribution < -0.4 is 16.4 Å². The molecule has 8 heteroatoms. The lowest BCUT2D eigenvalue weighted by molar-refractivity contribution is 0.257. The predicted octanol–water partition coefficient (Wildman–Crippen LogP) is 3.85. The molecule has 0 amide bonds. The van der Waals surface area contributed by atoms with Crippen molar-refractivity contribution in [3.8, 4) is 11.1 Å². The fraction of sp³-hybridized carbons (Fsp3) is 0.368. The predicted molar refractivity (Wildman–Crippen MR) is 111 cm³/mol. The van der Waals surface area contributed by atoms with Gasteiger partial charge in [-0.05, 0) is 30.9 Å². The lowest BCUT2D eigenvalue weighted by Gasteiger charge is -2.39. The van der Waals surface area contributed by atoms with Gasteiger partial charge in [-0.3, -0.25) is 0 Å². The molecule has 4 N–H and O–H groups in total. The summed E-state index contributed by atoms with van der Waals surface area (Å²) < 4.78 is 1.83. The number of nitrogen functional groups attached to an aromatic ring is 1. The number of rotatable bonds is 3. The van der Waals surface area contributed by atoms with E-state index in [-0.39, 0.29) is 5.41 Å². The van der Waals surface area contributed by atoms with Crippen LogP contribution in [0.5, 0.6) is 0 Å². The minimum absolute atomic E-state index is 0.192. The Balaban J connectivity index is 1.81. The first-order chi connectivity index (χ1) is 12.9. The molecule has 3 aromatic rings. The van der Waals surface area contributed by atoms with Crippen LogP contribution in [0.2, 0.25) is 10.0 Å². The second-order valence-corrected chi connectivity index (χ2v) is 8.22. The first-order valence-electron chi connectivity index (χ1n) is 8.95. The number of hydrogen-bond donors (Lipinski definition) is 2. The molecular formula is C19H22Cl2N6. The zero-order valence-electron chi connectivity index (χ0n) is 15.1. The van der Waals surface area contributed by atoms with Gasteiger partial charge in [0, 0.05) is 30.4 Å². The number of benzene rings is 1. The Hall–Kier alpha value is -2.02. The van der Waals surface area contributed by atoms with Crippen molar-refractivity contribution in [1.82, 2.24) is 14.6 Å². The molecule has 2 aromatic heterocycles. The Bertz CT molecular complexity index is 991. The van der Waals surface area contributed by atoms with Crippen LogP contribution in [0.3, 0.4) is 0 Å². The molecule has 0 spiro atoms. The molecule has 1 fully saturated rings. The highest BCUT2D eigenvalue weighted by Gasteiger charge is 2.30. The van der Waals surface area contributed by atoms with Crippen molar-refractivity contribution in [1.29, 1.82) is 0 Å². The first-order valence-corrected chi connectivity index (χ1v) is 9.71. The average Bonchev–Trinajstić information content (AvgIpc) is 3.14. The maximum absolute atomic E-state index is 6.45. The number of hydrogen-bond acceptors (Lipinski definition) is 5. The van der Waals surface area contributed by atoms with Crippen molar-refractivity contribution in [3.63, 3.8) is 0 Å². The molecule has 1 aliphatic heterocycles. The maximum Gasteiger partial charge on any atom is 0.167 e. The third-order valence-corrected chi connectivity index (χ3v) is 6.39. The van der Waals surface area contributed by atoms with Gasteiger partial charge in [0.15, 0.2) is 5.65 Å². The van der Waals surface area contributed by atoms with E-state index in [1.54, 1.807) is 6.07 Å². The second kappa shape index (κ2) is 6.86. The van der Waals surface area contributed by atoms with Gasteiger partial charge in [-0.2, -0.15) is 9.61 Å². The third-order valence-electron chi connectivity index (χ3n) is 5.57. The van der Waals surface area contributed by atoms with Gasteiger partial charge in [0.2, 0.25) is 0 Å². The van der Waals surface area contributed by atoms with Crippen molar-refractivity contribution in [3.05, 3.63) is 40.6 Å². The molecular weight excluding hydrogens is 383 g/mol. The van der Waals surface area contributed by atoms with Crippen LogP contribution in [0.4, 0.5) is 11.5 Å². The lowest BCUT2D eigenvalue weighted by atomic mass is 9.80. The van der Waals surface area contributed by atoms with E-state index >= 15 is 0 Å². The summed E-state index contributed by atoms with van der Waals surface area (Å²) in [5.74, 6) is 0.931. The number of anilines is 2. The van der Waals surface area contributed by atoms with Crippen LogP contribution in [0.15, 0.2) is 30.6 Å². The smallest absolute Gasteiger partial charge is 0.167 e. The molecule has 0 atom stereocenters. The van der Waals surface area contributed by atoms with Crippen molar-refractivity contribution in [2.24, 2.45) is 11.1 Å². The highest BCUT2D eigenvalue weighted by molar-refractivity contribution is 6.44. The van der Waals surface area contributed by atoms with Crippen LogP contribution in [0, 0.1) is 5.41 Å². The Morgan fingerprint density at radius 3 is 2.67 bits per heavy atom. The number of piperidine rings is 1. The minimum atomic E-state index is 0.192. The molecule has 27 heavy (non-hydrogen) atoms. The molecule has 6 nitrogen and oxygen atoms in total. The Morgan fingerprint density at radius 1 is 1.22 bits per heavy atom. The van der Waals surface area contributed by atoms with Gasteiger partial charge in [0.05, 0.1) is 15.6 Å². The summed E-state index contributed by atoms with van der Waals surface area (Å²) in [5, 5.41) is 5.37. The molecule has 0 aliphatic carbocycles. The molecule has 0 radical (unpaired) electrons. The van der Waals surface area contributed by atoms with Crippen LogP contribution in [0.25, 0.3) is 16.8 Å². The lowest BCUT2D eigenvalue weighted by Crippen LogP contribution is -2.43. The summed E-state index contributed by atoms with van der Waals surface area (Å²) in [7, 11) is 0. The van der Waals surface area contributed by atoms with Gasteiger partial charge >= 0.3 is 0 Å². The summed E-state index contributed by atoms with van der Waals surface area (Å²) in [6, 6.07) is 7.43. The van der Waals surface area contributed by atoms with E-state index in [0.717, 1.165) is 42.9 Å². The van der Waals surface area contributed by atoms with Crippen molar-refractivity contribution >= 4 is 40.4 Å². The fourth-order valence-electron chi connectivity index (χ4n) is 3.66. The van der Waals surface area contributed by atoms with Gasteiger partial charge in [-0.15, -0.1) is 0 Å². The number of pyridine rings is 1. The van der Waals surface area contributed by atoms with E-state index in [9.17, 15) is 0 Å². The topological polar surface area (TPSA) is 85.5 Å². The van der Waals surface area contributed by atoms with Crippen LogP contribution in [-0.2, 0) is 0 Å². The van der Waals surface area contributed by atoms with Gasteiger partial charge < -0.3 is 16.4 Å².